The summed E-state index contributed by atoms with van der Waals surface area (Å²) < 4.78 is 28.3. The summed E-state index contributed by atoms with van der Waals surface area (Å²) >= 11 is 0. The molecule has 1 aliphatic heterocycles. The van der Waals surface area contributed by atoms with Crippen LogP contribution < -0.4 is 19.7 Å². The lowest BCUT2D eigenvalue weighted by Crippen LogP contribution is -2.41. The van der Waals surface area contributed by atoms with Gasteiger partial charge in [-0.15, -0.1) is 0 Å². The van der Waals surface area contributed by atoms with Gasteiger partial charge in [-0.05, 0) is 39.8 Å². The van der Waals surface area contributed by atoms with Crippen LogP contribution in [0.25, 0.3) is 0 Å². The molecule has 0 unspecified atom stereocenters. The van der Waals surface area contributed by atoms with Crippen LogP contribution in [0.5, 0.6) is 17.2 Å². The zero-order valence-electron chi connectivity index (χ0n) is 15.0. The molecule has 6 nitrogen and oxygen atoms in total. The van der Waals surface area contributed by atoms with E-state index in [1.165, 1.54) is 14.2 Å². The van der Waals surface area contributed by atoms with Crippen LogP contribution in [0.2, 0.25) is 0 Å². The third kappa shape index (κ3) is 3.14. The summed E-state index contributed by atoms with van der Waals surface area (Å²) in [6, 6.07) is 3.36. The molecule has 1 aliphatic rings. The van der Waals surface area contributed by atoms with Crippen molar-refractivity contribution in [3.8, 4) is 17.2 Å². The first kappa shape index (κ1) is 18.4. The van der Waals surface area contributed by atoms with Gasteiger partial charge in [0.2, 0.25) is 0 Å². The van der Waals surface area contributed by atoms with E-state index >= 15 is 0 Å². The Morgan fingerprint density at radius 1 is 1.08 bits per heavy atom. The average Bonchev–Trinajstić information content (AvgIpc) is 2.74. The first-order valence-electron chi connectivity index (χ1n) is 7.61. The normalized spacial score (nSPS) is 18.2. The summed E-state index contributed by atoms with van der Waals surface area (Å²) in [5.41, 5.74) is -0.637. The third-order valence-corrected chi connectivity index (χ3v) is 4.42. The molecule has 0 bridgehead atoms. The minimum atomic E-state index is -0.771. The fourth-order valence-electron chi connectivity index (χ4n) is 2.33. The molecule has 0 aromatic heterocycles. The SMILES string of the molecule is C=CC(=O)Oc1c(OC)ccc(OC)c1B1OC(C)(C)C(C)(C)O1. The maximum absolute atomic E-state index is 11.8. The number of carbonyl (C=O) groups excluding carboxylic acids is 1. The first-order valence-corrected chi connectivity index (χ1v) is 7.61. The molecule has 7 heteroatoms. The van der Waals surface area contributed by atoms with E-state index in [0.29, 0.717) is 17.0 Å². The summed E-state index contributed by atoms with van der Waals surface area (Å²) in [4.78, 5) is 11.8. The zero-order valence-corrected chi connectivity index (χ0v) is 15.0. The molecule has 0 N–H and O–H groups in total. The van der Waals surface area contributed by atoms with Gasteiger partial charge in [0.25, 0.3) is 0 Å². The van der Waals surface area contributed by atoms with Gasteiger partial charge in [0, 0.05) is 6.08 Å². The largest absolute Gasteiger partial charge is 0.502 e. The summed E-state index contributed by atoms with van der Waals surface area (Å²) in [6.07, 6.45) is 1.08. The van der Waals surface area contributed by atoms with Crippen LogP contribution in [0.3, 0.4) is 0 Å². The molecule has 2 rings (SSSR count). The van der Waals surface area contributed by atoms with Gasteiger partial charge in [-0.3, -0.25) is 0 Å². The molecule has 0 radical (unpaired) electrons. The van der Waals surface area contributed by atoms with E-state index in [2.05, 4.69) is 6.58 Å². The van der Waals surface area contributed by atoms with Gasteiger partial charge in [-0.1, -0.05) is 6.58 Å². The fourth-order valence-corrected chi connectivity index (χ4v) is 2.33. The minimum Gasteiger partial charge on any atom is -0.497 e. The first-order chi connectivity index (χ1) is 11.2. The van der Waals surface area contributed by atoms with E-state index in [1.54, 1.807) is 12.1 Å². The number of hydrogen-bond acceptors (Lipinski definition) is 6. The summed E-state index contributed by atoms with van der Waals surface area (Å²) in [5.74, 6) is 0.427. The molecule has 0 aliphatic carbocycles. The minimum absolute atomic E-state index is 0.195. The van der Waals surface area contributed by atoms with Crippen LogP contribution in [0.4, 0.5) is 0 Å². The van der Waals surface area contributed by atoms with Crippen molar-refractivity contribution in [2.45, 2.75) is 38.9 Å². The zero-order chi connectivity index (χ0) is 18.1. The Morgan fingerprint density at radius 3 is 2.04 bits per heavy atom. The molecule has 1 heterocycles. The Morgan fingerprint density at radius 2 is 1.58 bits per heavy atom. The Labute approximate surface area is 142 Å². The summed E-state index contributed by atoms with van der Waals surface area (Å²) in [5, 5.41) is 0. The maximum Gasteiger partial charge on any atom is 0.502 e. The molecule has 1 fully saturated rings. The molecular weight excluding hydrogens is 311 g/mol. The van der Waals surface area contributed by atoms with Crippen molar-refractivity contribution in [1.82, 2.24) is 0 Å². The van der Waals surface area contributed by atoms with E-state index in [1.807, 2.05) is 27.7 Å². The number of hydrogen-bond donors (Lipinski definition) is 0. The van der Waals surface area contributed by atoms with Gasteiger partial charge in [-0.25, -0.2) is 4.79 Å². The molecular formula is C17H23BO6. The number of ether oxygens (including phenoxy) is 3. The molecule has 0 spiro atoms. The van der Waals surface area contributed by atoms with E-state index < -0.39 is 24.3 Å². The topological polar surface area (TPSA) is 63.2 Å². The highest BCUT2D eigenvalue weighted by atomic mass is 16.7. The average molecular weight is 334 g/mol. The van der Waals surface area contributed by atoms with E-state index in [0.717, 1.165) is 6.08 Å². The van der Waals surface area contributed by atoms with Crippen LogP contribution >= 0.6 is 0 Å². The van der Waals surface area contributed by atoms with Gasteiger partial charge >= 0.3 is 13.1 Å². The quantitative estimate of drug-likeness (QED) is 0.356. The number of benzene rings is 1. The van der Waals surface area contributed by atoms with Crippen LogP contribution in [0.1, 0.15) is 27.7 Å². The smallest absolute Gasteiger partial charge is 0.497 e. The lowest BCUT2D eigenvalue weighted by Gasteiger charge is -2.32. The standard InChI is InChI=1S/C17H23BO6/c1-8-13(19)22-15-12(21-7)10-9-11(20-6)14(15)18-23-16(2,3)17(4,5)24-18/h8-10H,1H2,2-7H3. The maximum atomic E-state index is 11.8. The molecule has 24 heavy (non-hydrogen) atoms. The van der Waals surface area contributed by atoms with Gasteiger partial charge in [0.15, 0.2) is 11.5 Å². The second-order valence-electron chi connectivity index (χ2n) is 6.43. The number of carbonyl (C=O) groups is 1. The second kappa shape index (κ2) is 6.49. The van der Waals surface area contributed by atoms with Crippen molar-refractivity contribution < 1.29 is 28.3 Å². The van der Waals surface area contributed by atoms with Crippen LogP contribution in [0.15, 0.2) is 24.8 Å². The van der Waals surface area contributed by atoms with Crippen molar-refractivity contribution in [1.29, 1.82) is 0 Å². The van der Waals surface area contributed by atoms with Gasteiger partial charge in [-0.2, -0.15) is 0 Å². The monoisotopic (exact) mass is 334 g/mol. The van der Waals surface area contributed by atoms with Crippen molar-refractivity contribution >= 4 is 18.6 Å². The molecule has 1 saturated heterocycles. The van der Waals surface area contributed by atoms with E-state index in [-0.39, 0.29) is 5.75 Å². The number of rotatable bonds is 5. The molecule has 130 valence electrons. The van der Waals surface area contributed by atoms with Crippen LogP contribution in [-0.4, -0.2) is 38.5 Å². The molecule has 0 atom stereocenters. The van der Waals surface area contributed by atoms with Gasteiger partial charge < -0.3 is 23.5 Å². The summed E-state index contributed by atoms with van der Waals surface area (Å²) in [6.45, 7) is 11.2. The molecule has 1 aromatic rings. The molecule has 0 saturated carbocycles. The Kier molecular flexibility index (Phi) is 4.96. The highest BCUT2D eigenvalue weighted by Gasteiger charge is 2.53. The highest BCUT2D eigenvalue weighted by molar-refractivity contribution is 6.64. The lowest BCUT2D eigenvalue weighted by atomic mass is 9.77. The predicted molar refractivity (Wildman–Crippen MR) is 91.1 cm³/mol. The fraction of sp³-hybridized carbons (Fsp3) is 0.471. The van der Waals surface area contributed by atoms with Crippen molar-refractivity contribution in [3.05, 3.63) is 24.8 Å². The number of esters is 1. The second-order valence-corrected chi connectivity index (χ2v) is 6.43. The van der Waals surface area contributed by atoms with Crippen LogP contribution in [-0.2, 0) is 14.1 Å². The van der Waals surface area contributed by atoms with Crippen molar-refractivity contribution in [2.24, 2.45) is 0 Å². The summed E-state index contributed by atoms with van der Waals surface area (Å²) in [7, 11) is 2.24. The van der Waals surface area contributed by atoms with Gasteiger partial charge in [0.05, 0.1) is 30.9 Å². The van der Waals surface area contributed by atoms with Crippen molar-refractivity contribution in [3.63, 3.8) is 0 Å². The van der Waals surface area contributed by atoms with E-state index in [9.17, 15) is 4.79 Å². The molecule has 0 amide bonds. The Bertz CT molecular complexity index is 637. The lowest BCUT2D eigenvalue weighted by molar-refractivity contribution is -0.129. The predicted octanol–water partition coefficient (Wildman–Crippen LogP) is 2.09. The van der Waals surface area contributed by atoms with E-state index in [4.69, 9.17) is 23.5 Å². The Hall–Kier alpha value is -1.99. The third-order valence-electron chi connectivity index (χ3n) is 4.42. The Balaban J connectivity index is 2.58. The van der Waals surface area contributed by atoms with Crippen LogP contribution in [0, 0.1) is 0 Å². The highest BCUT2D eigenvalue weighted by Crippen LogP contribution is 2.40. The van der Waals surface area contributed by atoms with Crippen molar-refractivity contribution in [2.75, 3.05) is 14.2 Å². The molecule has 1 aromatic carbocycles. The van der Waals surface area contributed by atoms with Gasteiger partial charge in [0.1, 0.15) is 5.75 Å². The number of methoxy groups -OCH3 is 2.